The van der Waals surface area contributed by atoms with Crippen LogP contribution in [0.15, 0.2) is 21.9 Å². The molecule has 2 rings (SSSR count). The van der Waals surface area contributed by atoms with Crippen LogP contribution in [-0.2, 0) is 23.1 Å². The number of ether oxygens (including phenoxy) is 1. The van der Waals surface area contributed by atoms with E-state index in [1.165, 1.54) is 0 Å². The van der Waals surface area contributed by atoms with E-state index < -0.39 is 61.9 Å². The van der Waals surface area contributed by atoms with Gasteiger partial charge in [-0.15, -0.1) is 0 Å². The zero-order valence-corrected chi connectivity index (χ0v) is 14.6. The first-order valence-electron chi connectivity index (χ1n) is 7.27. The van der Waals surface area contributed by atoms with E-state index in [1.54, 1.807) is 0 Å². The number of alkyl halides is 4. The number of carbonyl (C=O) groups is 1. The summed E-state index contributed by atoms with van der Waals surface area (Å²) < 4.78 is 75.5. The van der Waals surface area contributed by atoms with Gasteiger partial charge < -0.3 is 14.4 Å². The Kier molecular flexibility index (Phi) is 5.88. The lowest BCUT2D eigenvalue weighted by atomic mass is 9.98. The van der Waals surface area contributed by atoms with Gasteiger partial charge in [-0.25, -0.2) is 18.5 Å². The minimum Gasteiger partial charge on any atom is -0.387 e. The van der Waals surface area contributed by atoms with Crippen LogP contribution >= 0.6 is 7.82 Å². The average Bonchev–Trinajstić information content (AvgIpc) is 2.75. The fourth-order valence-electron chi connectivity index (χ4n) is 2.31. The lowest BCUT2D eigenvalue weighted by molar-refractivity contribution is -0.191. The van der Waals surface area contributed by atoms with Crippen LogP contribution in [0.5, 0.6) is 0 Å². The Morgan fingerprint density at radius 2 is 2.07 bits per heavy atom. The van der Waals surface area contributed by atoms with Gasteiger partial charge in [0.05, 0.1) is 6.61 Å². The summed E-state index contributed by atoms with van der Waals surface area (Å²) in [6.45, 7) is -0.365. The van der Waals surface area contributed by atoms with Gasteiger partial charge in [-0.1, -0.05) is 0 Å². The number of carbonyl (C=O) groups excluding carboxylic acids is 1. The molecule has 0 aromatic carbocycles. The van der Waals surface area contributed by atoms with Gasteiger partial charge in [0.2, 0.25) is 0 Å². The summed E-state index contributed by atoms with van der Waals surface area (Å²) >= 11 is 0. The van der Waals surface area contributed by atoms with E-state index in [9.17, 15) is 41.6 Å². The maximum Gasteiger partial charge on any atom is 0.529 e. The molecule has 1 aliphatic heterocycles. The fourth-order valence-corrected chi connectivity index (χ4v) is 3.01. The van der Waals surface area contributed by atoms with Crippen LogP contribution in [-0.4, -0.2) is 56.2 Å². The van der Waals surface area contributed by atoms with E-state index in [4.69, 9.17) is 9.63 Å². The SMILES string of the molecule is C[C@@]1(F)[C@H](O)[C@@H](COP(=O)(O)OC(=O)C(F)(F)F)O[C@H]1n1ccc(=O)[nH]c1=O. The molecule has 0 amide bonds. The van der Waals surface area contributed by atoms with Crippen LogP contribution in [0.1, 0.15) is 13.2 Å². The highest BCUT2D eigenvalue weighted by molar-refractivity contribution is 7.48. The number of nitrogens with one attached hydrogen (secondary N) is 1. The van der Waals surface area contributed by atoms with Gasteiger partial charge in [-0.3, -0.25) is 23.8 Å². The molecular weight excluding hydrogens is 423 g/mol. The molecule has 28 heavy (non-hydrogen) atoms. The summed E-state index contributed by atoms with van der Waals surface area (Å²) in [5.41, 5.74) is -4.58. The number of hydrogen-bond donors (Lipinski definition) is 3. The second-order valence-electron chi connectivity index (χ2n) is 5.78. The molecule has 3 N–H and O–H groups in total. The third kappa shape index (κ3) is 4.67. The van der Waals surface area contributed by atoms with E-state index in [0.29, 0.717) is 4.57 Å². The van der Waals surface area contributed by atoms with Gasteiger partial charge in [-0.2, -0.15) is 13.2 Å². The fraction of sp³-hybridized carbons (Fsp3) is 0.583. The normalized spacial score (nSPS) is 30.0. The van der Waals surface area contributed by atoms with Crippen molar-refractivity contribution >= 4 is 13.8 Å². The van der Waals surface area contributed by atoms with E-state index >= 15 is 0 Å². The average molecular weight is 436 g/mol. The van der Waals surface area contributed by atoms with Crippen LogP contribution in [0.4, 0.5) is 17.6 Å². The van der Waals surface area contributed by atoms with E-state index in [2.05, 4.69) is 9.05 Å². The second-order valence-corrected chi connectivity index (χ2v) is 7.16. The number of H-pyrrole nitrogens is 1. The third-order valence-electron chi connectivity index (χ3n) is 3.65. The zero-order chi connectivity index (χ0) is 21.5. The predicted molar refractivity (Wildman–Crippen MR) is 78.7 cm³/mol. The Labute approximate surface area is 152 Å². The molecular formula is C12H13F4N2O9P. The van der Waals surface area contributed by atoms with Crippen LogP contribution in [0.2, 0.25) is 0 Å². The largest absolute Gasteiger partial charge is 0.529 e. The van der Waals surface area contributed by atoms with Crippen molar-refractivity contribution in [2.45, 2.75) is 37.2 Å². The highest BCUT2D eigenvalue weighted by atomic mass is 31.2. The summed E-state index contributed by atoms with van der Waals surface area (Å²) in [7, 11) is -5.57. The Hall–Kier alpha value is -2.06. The maximum atomic E-state index is 14.8. The van der Waals surface area contributed by atoms with Crippen molar-refractivity contribution in [2.24, 2.45) is 0 Å². The molecule has 1 aromatic heterocycles. The maximum absolute atomic E-state index is 14.8. The van der Waals surface area contributed by atoms with Crippen molar-refractivity contribution in [1.82, 2.24) is 9.55 Å². The number of aliphatic hydroxyl groups excluding tert-OH is 1. The van der Waals surface area contributed by atoms with Crippen molar-refractivity contribution in [2.75, 3.05) is 6.61 Å². The van der Waals surface area contributed by atoms with Gasteiger partial charge >= 0.3 is 25.7 Å². The van der Waals surface area contributed by atoms with Gasteiger partial charge in [0.1, 0.15) is 12.2 Å². The monoisotopic (exact) mass is 436 g/mol. The molecule has 2 heterocycles. The van der Waals surface area contributed by atoms with E-state index in [0.717, 1.165) is 19.2 Å². The highest BCUT2D eigenvalue weighted by Gasteiger charge is 2.56. The summed E-state index contributed by atoms with van der Waals surface area (Å²) in [5.74, 6) is -3.00. The van der Waals surface area contributed by atoms with Gasteiger partial charge in [-0.05, 0) is 6.92 Å². The molecule has 0 bridgehead atoms. The predicted octanol–water partition coefficient (Wildman–Crippen LogP) is -0.254. The molecule has 1 saturated heterocycles. The minimum atomic E-state index is -5.57. The number of aromatic amines is 1. The lowest BCUT2D eigenvalue weighted by Gasteiger charge is -2.24. The number of aliphatic hydroxyl groups is 1. The molecule has 0 spiro atoms. The minimum absolute atomic E-state index is 0.576. The number of hydrogen-bond acceptors (Lipinski definition) is 8. The molecule has 1 aliphatic rings. The molecule has 0 saturated carbocycles. The van der Waals surface area contributed by atoms with Crippen molar-refractivity contribution in [3.63, 3.8) is 0 Å². The number of aromatic nitrogens is 2. The third-order valence-corrected chi connectivity index (χ3v) is 4.52. The van der Waals surface area contributed by atoms with E-state index in [1.807, 2.05) is 4.98 Å². The molecule has 1 unspecified atom stereocenters. The quantitative estimate of drug-likeness (QED) is 0.418. The Bertz CT molecular complexity index is 911. The van der Waals surface area contributed by atoms with E-state index in [-0.39, 0.29) is 0 Å². The Balaban J connectivity index is 2.13. The molecule has 0 aliphatic carbocycles. The number of rotatable bonds is 5. The van der Waals surface area contributed by atoms with Gasteiger partial charge in [0, 0.05) is 12.3 Å². The molecule has 5 atom stereocenters. The van der Waals surface area contributed by atoms with Crippen LogP contribution in [0.25, 0.3) is 0 Å². The molecule has 1 aromatic rings. The number of nitrogens with zero attached hydrogens (tertiary/aromatic N) is 1. The topological polar surface area (TPSA) is 157 Å². The molecule has 158 valence electrons. The molecule has 0 radical (unpaired) electrons. The number of halogens is 4. The highest BCUT2D eigenvalue weighted by Crippen LogP contribution is 2.47. The first-order chi connectivity index (χ1) is 12.6. The lowest BCUT2D eigenvalue weighted by Crippen LogP contribution is -2.43. The summed E-state index contributed by atoms with van der Waals surface area (Å²) in [6, 6.07) is 0.857. The van der Waals surface area contributed by atoms with Crippen LogP contribution in [0.3, 0.4) is 0 Å². The summed E-state index contributed by atoms with van der Waals surface area (Å²) in [5, 5.41) is 9.98. The van der Waals surface area contributed by atoms with Gasteiger partial charge in [0.15, 0.2) is 11.9 Å². The Morgan fingerprint density at radius 1 is 1.46 bits per heavy atom. The standard InChI is InChI=1S/C12H13F4N2O9P/c1-11(13)7(20)5(4-25-28(23,24)27-9(21)12(14,15)16)26-8(11)18-3-2-6(19)17-10(18)22/h2-3,5,7-8,20H,4H2,1H3,(H,23,24)(H,17,19,22)/t5-,7-,8-,11-/m1/s1. The van der Waals surface area contributed by atoms with Gasteiger partial charge in [0.25, 0.3) is 5.56 Å². The smallest absolute Gasteiger partial charge is 0.387 e. The van der Waals surface area contributed by atoms with Crippen LogP contribution in [0, 0.1) is 0 Å². The first kappa shape index (κ1) is 22.2. The Morgan fingerprint density at radius 3 is 2.61 bits per heavy atom. The first-order valence-corrected chi connectivity index (χ1v) is 8.76. The van der Waals surface area contributed by atoms with Crippen molar-refractivity contribution in [3.8, 4) is 0 Å². The number of phosphoric acid groups is 1. The van der Waals surface area contributed by atoms with Crippen molar-refractivity contribution in [1.29, 1.82) is 0 Å². The molecule has 16 heteroatoms. The molecule has 11 nitrogen and oxygen atoms in total. The molecule has 1 fully saturated rings. The van der Waals surface area contributed by atoms with Crippen LogP contribution < -0.4 is 11.2 Å². The summed E-state index contributed by atoms with van der Waals surface area (Å²) in [6.07, 6.45) is -10.4. The number of phosphoric ester groups is 1. The van der Waals surface area contributed by atoms with Crippen molar-refractivity contribution in [3.05, 3.63) is 33.1 Å². The summed E-state index contributed by atoms with van der Waals surface area (Å²) in [4.78, 5) is 44.4. The second kappa shape index (κ2) is 7.40. The van der Waals surface area contributed by atoms with Crippen molar-refractivity contribution < 1.29 is 50.7 Å². The zero-order valence-electron chi connectivity index (χ0n) is 13.8.